The molecule has 0 amide bonds. The molecule has 61 heavy (non-hydrogen) atoms. The van der Waals surface area contributed by atoms with Crippen molar-refractivity contribution >= 4 is 95.4 Å². The number of hydrogen-bond acceptors (Lipinski definition) is 15. The molecule has 0 bridgehead atoms. The lowest BCUT2D eigenvalue weighted by atomic mass is 10.2. The average Bonchev–Trinajstić information content (AvgIpc) is 3.29. The van der Waals surface area contributed by atoms with E-state index >= 15 is 0 Å². The molecule has 0 saturated carbocycles. The predicted octanol–water partition coefficient (Wildman–Crippen LogP) is 7.79. The Morgan fingerprint density at radius 1 is 0.574 bits per heavy atom. The first-order valence-corrected chi connectivity index (χ1v) is 23.3. The Kier molecular flexibility index (Phi) is 48.5. The largest absolute Gasteiger partial charge is 0.508 e. The zero-order valence-electron chi connectivity index (χ0n) is 36.0. The summed E-state index contributed by atoms with van der Waals surface area (Å²) in [5.41, 5.74) is 2.77. The number of carbonyl (C=O) groups excluding carboxylic acids is 6. The van der Waals surface area contributed by atoms with Crippen molar-refractivity contribution in [2.45, 2.75) is 65.0 Å². The summed E-state index contributed by atoms with van der Waals surface area (Å²) in [4.78, 5) is 65.3. The summed E-state index contributed by atoms with van der Waals surface area (Å²) in [7, 11) is 5.14. The number of rotatable bonds is 24. The van der Waals surface area contributed by atoms with Crippen molar-refractivity contribution < 1.29 is 61.9 Å². The van der Waals surface area contributed by atoms with Crippen LogP contribution in [0.1, 0.15) is 63.0 Å². The second-order valence-electron chi connectivity index (χ2n) is 11.8. The summed E-state index contributed by atoms with van der Waals surface area (Å²) < 4.78 is 30.9. The third kappa shape index (κ3) is 46.1. The minimum absolute atomic E-state index is 0.0590. The fraction of sp³-hybridized carbons (Fsp3) is 0.571. The number of alkyl halides is 4. The molecular formula is C42H64Br3ClN2O13. The molecule has 19 heteroatoms. The van der Waals surface area contributed by atoms with Crippen LogP contribution in [0.3, 0.4) is 0 Å². The van der Waals surface area contributed by atoms with E-state index in [0.717, 1.165) is 37.9 Å². The van der Waals surface area contributed by atoms with Gasteiger partial charge in [-0.2, -0.15) is 0 Å². The summed E-state index contributed by atoms with van der Waals surface area (Å²) in [6.45, 7) is 8.77. The van der Waals surface area contributed by atoms with Crippen LogP contribution in [0, 0.1) is 0 Å². The molecule has 2 aromatic rings. The number of hydrogen-bond donors (Lipinski definition) is 1. The summed E-state index contributed by atoms with van der Waals surface area (Å²) in [6, 6.07) is 21.4. The summed E-state index contributed by atoms with van der Waals surface area (Å²) in [5, 5.41) is 5.59. The van der Waals surface area contributed by atoms with Crippen molar-refractivity contribution in [2.75, 3.05) is 89.8 Å². The third-order valence-corrected chi connectivity index (χ3v) is 8.42. The highest BCUT2D eigenvalue weighted by Gasteiger charge is 2.08. The maximum Gasteiger partial charge on any atom is 0.508 e. The summed E-state index contributed by atoms with van der Waals surface area (Å²) in [5.74, 6) is -1.97. The molecular weight excluding hydrogens is 1020 g/mol. The number of esters is 5. The zero-order valence-corrected chi connectivity index (χ0v) is 41.5. The monoisotopic (exact) mass is 1080 g/mol. The highest BCUT2D eigenvalue weighted by molar-refractivity contribution is 9.09. The molecule has 2 rings (SSSR count). The molecule has 0 unspecified atom stereocenters. The molecule has 2 aromatic carbocycles. The van der Waals surface area contributed by atoms with Crippen LogP contribution < -0.4 is 5.32 Å². The molecule has 0 atom stereocenters. The first-order valence-electron chi connectivity index (χ1n) is 19.4. The molecule has 0 saturated heterocycles. The first kappa shape index (κ1) is 62.0. The molecule has 348 valence electrons. The fourth-order valence-corrected chi connectivity index (χ4v) is 4.73. The van der Waals surface area contributed by atoms with Crippen molar-refractivity contribution in [3.8, 4) is 0 Å². The van der Waals surface area contributed by atoms with Gasteiger partial charge in [0, 0.05) is 29.1 Å². The van der Waals surface area contributed by atoms with Gasteiger partial charge in [0.2, 0.25) is 0 Å². The first-order chi connectivity index (χ1) is 29.4. The van der Waals surface area contributed by atoms with E-state index in [1.165, 1.54) is 59.0 Å². The van der Waals surface area contributed by atoms with Gasteiger partial charge < -0.3 is 38.5 Å². The van der Waals surface area contributed by atoms with Crippen LogP contribution >= 0.6 is 59.4 Å². The second-order valence-corrected chi connectivity index (χ2v) is 14.4. The van der Waals surface area contributed by atoms with E-state index in [0.29, 0.717) is 30.5 Å². The van der Waals surface area contributed by atoms with Gasteiger partial charge in [-0.15, -0.1) is 11.6 Å². The molecule has 0 fully saturated rings. The van der Waals surface area contributed by atoms with E-state index < -0.39 is 24.1 Å². The number of methoxy groups -OCH3 is 4. The van der Waals surface area contributed by atoms with E-state index in [1.807, 2.05) is 0 Å². The van der Waals surface area contributed by atoms with Crippen LogP contribution in [-0.2, 0) is 70.2 Å². The van der Waals surface area contributed by atoms with Gasteiger partial charge in [0.25, 0.3) is 0 Å². The Hall–Kier alpha value is -3.29. The smallest absolute Gasteiger partial charge is 0.469 e. The third-order valence-electron chi connectivity index (χ3n) is 6.99. The van der Waals surface area contributed by atoms with Crippen LogP contribution in [0.15, 0.2) is 60.7 Å². The van der Waals surface area contributed by atoms with E-state index in [1.54, 1.807) is 0 Å². The number of halogens is 4. The second kappa shape index (κ2) is 47.8. The van der Waals surface area contributed by atoms with Gasteiger partial charge in [-0.3, -0.25) is 28.9 Å². The number of ether oxygens (including phenoxy) is 7. The van der Waals surface area contributed by atoms with E-state index in [4.69, 9.17) is 21.1 Å². The van der Waals surface area contributed by atoms with Crippen molar-refractivity contribution in [1.29, 1.82) is 0 Å². The van der Waals surface area contributed by atoms with Gasteiger partial charge in [0.05, 0.1) is 60.7 Å². The molecule has 1 N–H and O–H groups in total. The molecule has 15 nitrogen and oxygen atoms in total. The van der Waals surface area contributed by atoms with Crippen LogP contribution in [0.4, 0.5) is 4.79 Å². The van der Waals surface area contributed by atoms with Crippen LogP contribution in [0.25, 0.3) is 0 Å². The van der Waals surface area contributed by atoms with Gasteiger partial charge in [-0.1, -0.05) is 115 Å². The summed E-state index contributed by atoms with van der Waals surface area (Å²) in [6.07, 6.45) is 2.90. The fourth-order valence-electron chi connectivity index (χ4n) is 4.07. The van der Waals surface area contributed by atoms with Gasteiger partial charge in [-0.25, -0.2) is 4.79 Å². The molecule has 0 aromatic heterocycles. The topological polar surface area (TPSA) is 182 Å². The Labute approximate surface area is 391 Å². The van der Waals surface area contributed by atoms with Crippen molar-refractivity contribution in [3.05, 3.63) is 71.8 Å². The lowest BCUT2D eigenvalue weighted by molar-refractivity contribution is -0.148. The van der Waals surface area contributed by atoms with Crippen LogP contribution in [-0.4, -0.2) is 131 Å². The van der Waals surface area contributed by atoms with Gasteiger partial charge >= 0.3 is 36.0 Å². The Balaban J connectivity index is -0.000000747. The number of nitrogens with one attached hydrogen (secondary N) is 1. The number of benzene rings is 2. The van der Waals surface area contributed by atoms with Crippen molar-refractivity contribution in [2.24, 2.45) is 0 Å². The molecule has 0 aliphatic carbocycles. The molecule has 0 aliphatic heterocycles. The molecule has 0 aliphatic rings. The molecule has 0 heterocycles. The van der Waals surface area contributed by atoms with Gasteiger partial charge in [0.1, 0.15) is 19.1 Å². The summed E-state index contributed by atoms with van der Waals surface area (Å²) >= 11 is 14.4. The van der Waals surface area contributed by atoms with Crippen molar-refractivity contribution in [1.82, 2.24) is 10.2 Å². The van der Waals surface area contributed by atoms with Crippen molar-refractivity contribution in [3.63, 3.8) is 0 Å². The highest BCUT2D eigenvalue weighted by Crippen LogP contribution is 2.06. The maximum atomic E-state index is 10.9. The molecule has 0 spiro atoms. The van der Waals surface area contributed by atoms with E-state index in [2.05, 4.69) is 149 Å². The quantitative estimate of drug-likeness (QED) is 0.0465. The maximum absolute atomic E-state index is 10.9. The number of carbonyl (C=O) groups is 6. The van der Waals surface area contributed by atoms with Gasteiger partial charge in [0.15, 0.2) is 0 Å². The zero-order chi connectivity index (χ0) is 46.4. The standard InChI is InChI=1S/C20H28N2.C8H13BrO4.C7H11BrO4.C4H7BrO3.C3H5ClO2/c1-2-15-22(18-20-12-7-4-8-13-20)16-9-14-21-17-19-10-5-3-6-11-19;1-12-7(10)3-4-8(11)13-6-2-5-9;1-11-6(9)2-3-7(10)12-5-4-8;1-7-4(6)8-3-2-5;1-6-3(5)2-4/h3-8,10-13,21H,2,9,14-18H2,1H3;2-6H2,1H3;2-5H2,1H3;2-3H2,1H3;2H2,1H3. The average molecular weight is 1080 g/mol. The van der Waals surface area contributed by atoms with Gasteiger partial charge in [-0.05, 0) is 50.0 Å². The van der Waals surface area contributed by atoms with E-state index in [9.17, 15) is 28.8 Å². The Morgan fingerprint density at radius 2 is 1.05 bits per heavy atom. The predicted molar refractivity (Wildman–Crippen MR) is 246 cm³/mol. The minimum Gasteiger partial charge on any atom is -0.469 e. The lowest BCUT2D eigenvalue weighted by Crippen LogP contribution is -2.28. The van der Waals surface area contributed by atoms with E-state index in [-0.39, 0.29) is 43.5 Å². The number of nitrogens with zero attached hydrogens (tertiary/aromatic N) is 1. The Bertz CT molecular complexity index is 1380. The van der Waals surface area contributed by atoms with Crippen LogP contribution in [0.2, 0.25) is 0 Å². The van der Waals surface area contributed by atoms with Crippen LogP contribution in [0.5, 0.6) is 0 Å². The normalized spacial score (nSPS) is 9.61. The molecule has 0 radical (unpaired) electrons. The Morgan fingerprint density at radius 3 is 1.48 bits per heavy atom. The lowest BCUT2D eigenvalue weighted by Gasteiger charge is -2.21. The highest BCUT2D eigenvalue weighted by atomic mass is 79.9. The SMILES string of the molecule is CCCN(CCCNCc1ccccc1)Cc1ccccc1.COC(=O)CCC(=O)OCCBr.COC(=O)CCC(=O)OCCCBr.COC(=O)CCl.COC(=O)OCCBr. The minimum atomic E-state index is -0.635.